The average Bonchev–Trinajstić information content (AvgIpc) is 1.73. The molecule has 0 spiro atoms. The van der Waals surface area contributed by atoms with E-state index in [1.165, 1.54) is 0 Å². The van der Waals surface area contributed by atoms with Gasteiger partial charge < -0.3 is 5.11 Å². The van der Waals surface area contributed by atoms with Gasteiger partial charge in [-0.15, -0.1) is 0 Å². The van der Waals surface area contributed by atoms with Crippen LogP contribution in [0.25, 0.3) is 0 Å². The lowest BCUT2D eigenvalue weighted by atomic mass is 10.3. The highest BCUT2D eigenvalue weighted by molar-refractivity contribution is 4.72. The molecule has 0 radical (unpaired) electrons. The van der Waals surface area contributed by atoms with Crippen LogP contribution in [0.15, 0.2) is 0 Å². The molecule has 0 aromatic carbocycles. The van der Waals surface area contributed by atoms with Crippen LogP contribution in [0, 0.1) is 17.2 Å². The summed E-state index contributed by atoms with van der Waals surface area (Å²) in [5.74, 6) is 0.190. The molecule has 0 aliphatic carbocycles. The summed E-state index contributed by atoms with van der Waals surface area (Å²) in [4.78, 5) is 0. The third kappa shape index (κ3) is 30.9. The average molecular weight is 101 g/mol. The fourth-order valence-electron chi connectivity index (χ4n) is 0. The maximum Gasteiger partial charge on any atom is 0.0649 e. The summed E-state index contributed by atoms with van der Waals surface area (Å²) in [5, 5.41) is 14.9. The molecule has 0 aromatic rings. The topological polar surface area (TPSA) is 44.0 Å². The van der Waals surface area contributed by atoms with Gasteiger partial charge in [-0.3, -0.25) is 0 Å². The van der Waals surface area contributed by atoms with Gasteiger partial charge in [-0.1, -0.05) is 0 Å². The van der Waals surface area contributed by atoms with Crippen LogP contribution in [0.2, 0.25) is 0 Å². The monoisotopic (exact) mass is 101 g/mol. The molecular formula is C5H11NO. The van der Waals surface area contributed by atoms with Crippen molar-refractivity contribution in [2.45, 2.75) is 13.8 Å². The number of rotatable bonds is 0. The molecule has 42 valence electrons. The number of hydrogen-bond acceptors (Lipinski definition) is 2. The molecule has 2 nitrogen and oxygen atoms in total. The van der Waals surface area contributed by atoms with Crippen molar-refractivity contribution in [3.05, 3.63) is 0 Å². The summed E-state index contributed by atoms with van der Waals surface area (Å²) in [5.41, 5.74) is 0. The summed E-state index contributed by atoms with van der Waals surface area (Å²) in [6, 6.07) is 2.03. The van der Waals surface area contributed by atoms with Crippen LogP contribution < -0.4 is 0 Å². The fraction of sp³-hybridized carbons (Fsp3) is 0.800. The Morgan fingerprint density at radius 2 is 1.57 bits per heavy atom. The van der Waals surface area contributed by atoms with E-state index in [0.29, 0.717) is 0 Å². The predicted octanol–water partition coefficient (Wildman–Crippen LogP) is 0.774. The van der Waals surface area contributed by atoms with Crippen LogP contribution >= 0.6 is 0 Å². The zero-order chi connectivity index (χ0) is 6.28. The van der Waals surface area contributed by atoms with Gasteiger partial charge >= 0.3 is 0 Å². The van der Waals surface area contributed by atoms with Crippen molar-refractivity contribution in [3.8, 4) is 6.07 Å². The summed E-state index contributed by atoms with van der Waals surface area (Å²) in [7, 11) is 1.00. The minimum atomic E-state index is 0.190. The van der Waals surface area contributed by atoms with Crippen LogP contribution in [0.3, 0.4) is 0 Å². The van der Waals surface area contributed by atoms with Crippen molar-refractivity contribution >= 4 is 0 Å². The van der Waals surface area contributed by atoms with E-state index >= 15 is 0 Å². The van der Waals surface area contributed by atoms with E-state index in [1.807, 2.05) is 19.9 Å². The molecule has 0 amide bonds. The molecule has 2 heteroatoms. The van der Waals surface area contributed by atoms with E-state index in [0.717, 1.165) is 7.11 Å². The molecule has 0 rings (SSSR count). The van der Waals surface area contributed by atoms with Crippen molar-refractivity contribution in [2.75, 3.05) is 7.11 Å². The third-order valence-electron chi connectivity index (χ3n) is 0.258. The van der Waals surface area contributed by atoms with Crippen molar-refractivity contribution in [2.24, 2.45) is 5.92 Å². The van der Waals surface area contributed by atoms with Gasteiger partial charge in [0.25, 0.3) is 0 Å². The minimum absolute atomic E-state index is 0.190. The van der Waals surface area contributed by atoms with Crippen LogP contribution in [0.5, 0.6) is 0 Å². The lowest BCUT2D eigenvalue weighted by molar-refractivity contribution is 0.399. The molecule has 0 saturated carbocycles. The largest absolute Gasteiger partial charge is 0.400 e. The van der Waals surface area contributed by atoms with Crippen LogP contribution in [0.4, 0.5) is 0 Å². The second-order valence-corrected chi connectivity index (χ2v) is 1.28. The first-order valence-corrected chi connectivity index (χ1v) is 2.11. The Hall–Kier alpha value is -0.550. The first kappa shape index (κ1) is 9.67. The van der Waals surface area contributed by atoms with E-state index in [4.69, 9.17) is 10.4 Å². The van der Waals surface area contributed by atoms with Crippen molar-refractivity contribution < 1.29 is 5.11 Å². The van der Waals surface area contributed by atoms with Gasteiger partial charge in [-0.05, 0) is 13.8 Å². The number of aliphatic hydroxyl groups excluding tert-OH is 1. The summed E-state index contributed by atoms with van der Waals surface area (Å²) in [6.45, 7) is 3.72. The second kappa shape index (κ2) is 9.07. The van der Waals surface area contributed by atoms with E-state index in [9.17, 15) is 0 Å². The maximum absolute atomic E-state index is 7.89. The van der Waals surface area contributed by atoms with Gasteiger partial charge in [0, 0.05) is 13.0 Å². The van der Waals surface area contributed by atoms with Gasteiger partial charge in [-0.2, -0.15) is 5.26 Å². The normalized spacial score (nSPS) is 6.29. The Labute approximate surface area is 44.4 Å². The number of hydrogen-bond donors (Lipinski definition) is 1. The molecule has 0 aliphatic heterocycles. The quantitative estimate of drug-likeness (QED) is 0.490. The maximum atomic E-state index is 7.89. The molecule has 0 saturated heterocycles. The number of nitrogens with zero attached hydrogens (tertiary/aromatic N) is 1. The molecule has 0 aliphatic rings. The predicted molar refractivity (Wildman–Crippen MR) is 28.6 cm³/mol. The Kier molecular flexibility index (Phi) is 12.5. The molecule has 0 heterocycles. The SMILES string of the molecule is CC(C)C#N.CO. The van der Waals surface area contributed by atoms with Crippen molar-refractivity contribution in [1.29, 1.82) is 5.26 Å². The molecule has 7 heavy (non-hydrogen) atoms. The Morgan fingerprint density at radius 1 is 1.43 bits per heavy atom. The van der Waals surface area contributed by atoms with Crippen LogP contribution in [-0.2, 0) is 0 Å². The zero-order valence-corrected chi connectivity index (χ0v) is 4.97. The number of aliphatic hydroxyl groups is 1. The molecule has 0 fully saturated rings. The lowest BCUT2D eigenvalue weighted by Gasteiger charge is -1.75. The van der Waals surface area contributed by atoms with Gasteiger partial charge in [0.15, 0.2) is 0 Å². The summed E-state index contributed by atoms with van der Waals surface area (Å²) >= 11 is 0. The van der Waals surface area contributed by atoms with Crippen molar-refractivity contribution in [3.63, 3.8) is 0 Å². The smallest absolute Gasteiger partial charge is 0.0649 e. The highest BCUT2D eigenvalue weighted by atomic mass is 16.2. The fourth-order valence-corrected chi connectivity index (χ4v) is 0. The Morgan fingerprint density at radius 3 is 1.57 bits per heavy atom. The first-order chi connectivity index (χ1) is 3.27. The second-order valence-electron chi connectivity index (χ2n) is 1.28. The summed E-state index contributed by atoms with van der Waals surface area (Å²) in [6.07, 6.45) is 0. The molecular weight excluding hydrogens is 90.1 g/mol. The molecule has 1 N–H and O–H groups in total. The van der Waals surface area contributed by atoms with Gasteiger partial charge in [0.2, 0.25) is 0 Å². The van der Waals surface area contributed by atoms with E-state index in [2.05, 4.69) is 0 Å². The zero-order valence-electron chi connectivity index (χ0n) is 4.97. The standard InChI is InChI=1S/C4H7N.CH4O/c1-4(2)3-5;1-2/h4H,1-2H3;2H,1H3. The Bertz CT molecular complexity index is 53.6. The van der Waals surface area contributed by atoms with Gasteiger partial charge in [0.05, 0.1) is 6.07 Å². The highest BCUT2D eigenvalue weighted by Crippen LogP contribution is 1.81. The van der Waals surface area contributed by atoms with Crippen molar-refractivity contribution in [1.82, 2.24) is 0 Å². The molecule has 0 aromatic heterocycles. The lowest BCUT2D eigenvalue weighted by Crippen LogP contribution is -1.72. The highest BCUT2D eigenvalue weighted by Gasteiger charge is 1.78. The Balaban J connectivity index is 0. The van der Waals surface area contributed by atoms with E-state index in [1.54, 1.807) is 0 Å². The van der Waals surface area contributed by atoms with Gasteiger partial charge in [0.1, 0.15) is 0 Å². The van der Waals surface area contributed by atoms with E-state index < -0.39 is 0 Å². The minimum Gasteiger partial charge on any atom is -0.400 e. The first-order valence-electron chi connectivity index (χ1n) is 2.11. The molecule has 0 atom stereocenters. The number of nitriles is 1. The van der Waals surface area contributed by atoms with Crippen LogP contribution in [0.1, 0.15) is 13.8 Å². The summed E-state index contributed by atoms with van der Waals surface area (Å²) < 4.78 is 0. The van der Waals surface area contributed by atoms with Gasteiger partial charge in [-0.25, -0.2) is 0 Å². The molecule has 0 bridgehead atoms. The van der Waals surface area contributed by atoms with Crippen LogP contribution in [-0.4, -0.2) is 12.2 Å². The molecule has 0 unspecified atom stereocenters. The van der Waals surface area contributed by atoms with E-state index in [-0.39, 0.29) is 5.92 Å². The third-order valence-corrected chi connectivity index (χ3v) is 0.258.